The molecule has 0 radical (unpaired) electrons. The van der Waals surface area contributed by atoms with Crippen molar-refractivity contribution in [2.24, 2.45) is 0 Å². The normalized spacial score (nSPS) is 14.5. The first-order chi connectivity index (χ1) is 16.6. The number of rotatable bonds is 5. The van der Waals surface area contributed by atoms with E-state index in [0.29, 0.717) is 32.6 Å². The molecule has 1 aliphatic rings. The molecule has 2 N–H and O–H groups in total. The SMILES string of the molecule is O=C(CSc1nc2sccc2c(=O)n1-c1ccccc1)NNC(=O)C1COc2ccccc2O1. The summed E-state index contributed by atoms with van der Waals surface area (Å²) in [6.07, 6.45) is -0.894. The zero-order valence-electron chi connectivity index (χ0n) is 17.6. The number of thioether (sulfide) groups is 1. The third-order valence-corrected chi connectivity index (χ3v) is 6.68. The van der Waals surface area contributed by atoms with Crippen molar-refractivity contribution in [3.8, 4) is 17.2 Å². The van der Waals surface area contributed by atoms with Crippen LogP contribution in [-0.2, 0) is 9.59 Å². The zero-order chi connectivity index (χ0) is 23.5. The number of para-hydroxylation sites is 3. The van der Waals surface area contributed by atoms with Crippen LogP contribution in [0.3, 0.4) is 0 Å². The molecule has 1 atom stereocenters. The van der Waals surface area contributed by atoms with E-state index in [1.165, 1.54) is 15.9 Å². The Hall–Kier alpha value is -3.83. The third kappa shape index (κ3) is 4.47. The lowest BCUT2D eigenvalue weighted by molar-refractivity contribution is -0.134. The predicted octanol–water partition coefficient (Wildman–Crippen LogP) is 2.53. The summed E-state index contributed by atoms with van der Waals surface area (Å²) in [4.78, 5) is 43.1. The van der Waals surface area contributed by atoms with Crippen LogP contribution in [0.15, 0.2) is 76.0 Å². The molecule has 9 nitrogen and oxygen atoms in total. The number of nitrogens with one attached hydrogen (secondary N) is 2. The summed E-state index contributed by atoms with van der Waals surface area (Å²) < 4.78 is 12.6. The molecule has 1 unspecified atom stereocenters. The van der Waals surface area contributed by atoms with Crippen molar-refractivity contribution in [2.75, 3.05) is 12.4 Å². The molecule has 0 saturated carbocycles. The van der Waals surface area contributed by atoms with Crippen molar-refractivity contribution in [2.45, 2.75) is 11.3 Å². The van der Waals surface area contributed by atoms with Gasteiger partial charge in [0.15, 0.2) is 16.7 Å². The van der Waals surface area contributed by atoms with Gasteiger partial charge in [-0.25, -0.2) is 4.98 Å². The lowest BCUT2D eigenvalue weighted by Gasteiger charge is -2.25. The number of benzene rings is 2. The Balaban J connectivity index is 1.24. The second-order valence-corrected chi connectivity index (χ2v) is 9.04. The molecule has 2 aromatic heterocycles. The Morgan fingerprint density at radius 3 is 2.65 bits per heavy atom. The third-order valence-electron chi connectivity index (χ3n) is 4.94. The molecule has 0 aliphatic carbocycles. The topological polar surface area (TPSA) is 112 Å². The van der Waals surface area contributed by atoms with E-state index < -0.39 is 17.9 Å². The van der Waals surface area contributed by atoms with E-state index in [9.17, 15) is 14.4 Å². The van der Waals surface area contributed by atoms with Crippen molar-refractivity contribution in [1.29, 1.82) is 0 Å². The van der Waals surface area contributed by atoms with Gasteiger partial charge < -0.3 is 9.47 Å². The Morgan fingerprint density at radius 1 is 1.06 bits per heavy atom. The zero-order valence-corrected chi connectivity index (χ0v) is 19.2. The average Bonchev–Trinajstić information content (AvgIpc) is 3.35. The Morgan fingerprint density at radius 2 is 1.82 bits per heavy atom. The molecule has 2 aromatic carbocycles. The van der Waals surface area contributed by atoms with Gasteiger partial charge in [0, 0.05) is 0 Å². The number of hydrazine groups is 1. The van der Waals surface area contributed by atoms with E-state index in [1.54, 1.807) is 41.8 Å². The molecule has 1 aliphatic heterocycles. The summed E-state index contributed by atoms with van der Waals surface area (Å²) >= 11 is 2.46. The fraction of sp³-hybridized carbons (Fsp3) is 0.130. The van der Waals surface area contributed by atoms with Crippen molar-refractivity contribution in [3.63, 3.8) is 0 Å². The highest BCUT2D eigenvalue weighted by Gasteiger charge is 2.27. The Labute approximate surface area is 201 Å². The fourth-order valence-corrected chi connectivity index (χ4v) is 4.94. The van der Waals surface area contributed by atoms with Crippen molar-refractivity contribution in [1.82, 2.24) is 20.4 Å². The van der Waals surface area contributed by atoms with E-state index >= 15 is 0 Å². The lowest BCUT2D eigenvalue weighted by Crippen LogP contribution is -2.51. The van der Waals surface area contributed by atoms with Crippen LogP contribution in [0.1, 0.15) is 0 Å². The molecule has 0 fully saturated rings. The highest BCUT2D eigenvalue weighted by molar-refractivity contribution is 7.99. The van der Waals surface area contributed by atoms with Crippen LogP contribution in [0.25, 0.3) is 15.9 Å². The van der Waals surface area contributed by atoms with Gasteiger partial charge in [0.2, 0.25) is 12.0 Å². The number of nitrogens with zero attached hydrogens (tertiary/aromatic N) is 2. The molecular formula is C23H18N4O5S2. The lowest BCUT2D eigenvalue weighted by atomic mass is 10.2. The summed E-state index contributed by atoms with van der Waals surface area (Å²) in [6, 6.07) is 17.9. The highest BCUT2D eigenvalue weighted by atomic mass is 32.2. The first-order valence-corrected chi connectivity index (χ1v) is 12.1. The van der Waals surface area contributed by atoms with Gasteiger partial charge in [-0.05, 0) is 35.7 Å². The number of hydrogen-bond donors (Lipinski definition) is 2. The quantitative estimate of drug-likeness (QED) is 0.249. The van der Waals surface area contributed by atoms with Crippen LogP contribution in [0, 0.1) is 0 Å². The van der Waals surface area contributed by atoms with Crippen LogP contribution >= 0.6 is 23.1 Å². The van der Waals surface area contributed by atoms with Gasteiger partial charge in [0.25, 0.3) is 11.5 Å². The maximum absolute atomic E-state index is 13.1. The fourth-order valence-electron chi connectivity index (χ4n) is 3.32. The minimum atomic E-state index is -0.894. The summed E-state index contributed by atoms with van der Waals surface area (Å²) in [6.45, 7) is 0.0293. The number of fused-ring (bicyclic) bond motifs is 2. The Bertz CT molecular complexity index is 1420. The number of aromatic nitrogens is 2. The van der Waals surface area contributed by atoms with Gasteiger partial charge in [-0.2, -0.15) is 0 Å². The number of carbonyl (C=O) groups excluding carboxylic acids is 2. The van der Waals surface area contributed by atoms with E-state index in [0.717, 1.165) is 11.8 Å². The molecule has 5 rings (SSSR count). The summed E-state index contributed by atoms with van der Waals surface area (Å²) in [5, 5.41) is 2.71. The standard InChI is InChI=1S/C23H18N4O5S2/c28-19(25-26-20(29)18-12-31-16-8-4-5-9-17(16)32-18)13-34-23-24-21-15(10-11-33-21)22(30)27(23)14-6-2-1-3-7-14/h1-11,18H,12-13H2,(H,25,28)(H,26,29). The van der Waals surface area contributed by atoms with Crippen LogP contribution in [0.5, 0.6) is 11.5 Å². The minimum Gasteiger partial charge on any atom is -0.485 e. The predicted molar refractivity (Wildman–Crippen MR) is 129 cm³/mol. The molecule has 0 spiro atoms. The molecule has 2 amide bonds. The van der Waals surface area contributed by atoms with Gasteiger partial charge in [-0.3, -0.25) is 29.8 Å². The van der Waals surface area contributed by atoms with E-state index in [1.807, 2.05) is 24.3 Å². The van der Waals surface area contributed by atoms with E-state index in [4.69, 9.17) is 9.47 Å². The van der Waals surface area contributed by atoms with E-state index in [2.05, 4.69) is 15.8 Å². The van der Waals surface area contributed by atoms with Crippen molar-refractivity contribution >= 4 is 45.1 Å². The largest absolute Gasteiger partial charge is 0.485 e. The number of hydrogen-bond acceptors (Lipinski definition) is 8. The van der Waals surface area contributed by atoms with Gasteiger partial charge in [0.1, 0.15) is 11.4 Å². The molecule has 34 heavy (non-hydrogen) atoms. The van der Waals surface area contributed by atoms with Gasteiger partial charge in [-0.1, -0.05) is 42.1 Å². The maximum Gasteiger partial charge on any atom is 0.283 e. The second-order valence-electron chi connectivity index (χ2n) is 7.20. The molecule has 11 heteroatoms. The van der Waals surface area contributed by atoms with Crippen LogP contribution in [-0.4, -0.2) is 39.8 Å². The Kier molecular flexibility index (Phi) is 6.19. The molecule has 4 aromatic rings. The number of carbonyl (C=O) groups is 2. The van der Waals surface area contributed by atoms with E-state index in [-0.39, 0.29) is 17.9 Å². The molecule has 0 bridgehead atoms. The number of amides is 2. The number of ether oxygens (including phenoxy) is 2. The minimum absolute atomic E-state index is 0.0293. The molecule has 172 valence electrons. The molecule has 3 heterocycles. The summed E-state index contributed by atoms with van der Waals surface area (Å²) in [7, 11) is 0. The van der Waals surface area contributed by atoms with Crippen LogP contribution < -0.4 is 25.9 Å². The van der Waals surface area contributed by atoms with Gasteiger partial charge in [0.05, 0.1) is 16.8 Å². The summed E-state index contributed by atoms with van der Waals surface area (Å²) in [5.41, 5.74) is 5.18. The molecule has 0 saturated heterocycles. The van der Waals surface area contributed by atoms with Crippen molar-refractivity contribution < 1.29 is 19.1 Å². The first kappa shape index (κ1) is 22.0. The van der Waals surface area contributed by atoms with Crippen molar-refractivity contribution in [3.05, 3.63) is 76.4 Å². The van der Waals surface area contributed by atoms with Crippen LogP contribution in [0.2, 0.25) is 0 Å². The van der Waals surface area contributed by atoms with Gasteiger partial charge in [-0.15, -0.1) is 11.3 Å². The first-order valence-electron chi connectivity index (χ1n) is 10.3. The maximum atomic E-state index is 13.1. The highest BCUT2D eigenvalue weighted by Crippen LogP contribution is 2.30. The second kappa shape index (κ2) is 9.57. The van der Waals surface area contributed by atoms with Gasteiger partial charge >= 0.3 is 0 Å². The number of thiophene rings is 1. The average molecular weight is 495 g/mol. The molecular weight excluding hydrogens is 476 g/mol. The monoisotopic (exact) mass is 494 g/mol. The summed E-state index contributed by atoms with van der Waals surface area (Å²) in [5.74, 6) is -0.0412. The van der Waals surface area contributed by atoms with Crippen LogP contribution in [0.4, 0.5) is 0 Å². The smallest absolute Gasteiger partial charge is 0.283 e.